The minimum atomic E-state index is -2.80. The summed E-state index contributed by atoms with van der Waals surface area (Å²) in [5, 5.41) is 13.7. The fourth-order valence-corrected chi connectivity index (χ4v) is 6.17. The van der Waals surface area contributed by atoms with Crippen molar-refractivity contribution in [3.8, 4) is 5.75 Å². The van der Waals surface area contributed by atoms with Crippen molar-refractivity contribution < 1.29 is 37.0 Å². The number of aliphatic hydroxyl groups is 1. The van der Waals surface area contributed by atoms with Gasteiger partial charge in [-0.3, -0.25) is 14.6 Å². The summed E-state index contributed by atoms with van der Waals surface area (Å²) in [6.45, 7) is -0.196. The van der Waals surface area contributed by atoms with Gasteiger partial charge in [-0.15, -0.1) is 11.6 Å². The number of amides is 2. The zero-order valence-corrected chi connectivity index (χ0v) is 22.5. The topological polar surface area (TPSA) is 91.8 Å². The fourth-order valence-electron chi connectivity index (χ4n) is 5.79. The van der Waals surface area contributed by atoms with E-state index in [0.29, 0.717) is 0 Å². The summed E-state index contributed by atoms with van der Waals surface area (Å²) in [7, 11) is 1.30. The smallest absolute Gasteiger partial charge is 0.268 e. The molecule has 2 aromatic carbocycles. The van der Waals surface area contributed by atoms with Crippen LogP contribution in [-0.2, 0) is 10.4 Å². The van der Waals surface area contributed by atoms with Crippen LogP contribution in [0.25, 0.3) is 0 Å². The molecule has 0 spiro atoms. The molecule has 2 N–H and O–H groups in total. The number of hydrogen-bond acceptors (Lipinski definition) is 5. The highest BCUT2D eigenvalue weighted by Crippen LogP contribution is 2.50. The molecule has 0 unspecified atom stereocenters. The van der Waals surface area contributed by atoms with Gasteiger partial charge >= 0.3 is 0 Å². The first-order valence-electron chi connectivity index (χ1n) is 12.9. The Bertz CT molecular complexity index is 1460. The molecule has 7 nitrogen and oxygen atoms in total. The van der Waals surface area contributed by atoms with E-state index in [1.165, 1.54) is 43.8 Å². The average molecular weight is 592 g/mol. The van der Waals surface area contributed by atoms with Gasteiger partial charge < -0.3 is 20.1 Å². The number of rotatable bonds is 7. The fraction of sp³-hybridized carbons (Fsp3) is 0.345. The van der Waals surface area contributed by atoms with Gasteiger partial charge in [-0.2, -0.15) is 0 Å². The third-order valence-electron chi connectivity index (χ3n) is 7.84. The van der Waals surface area contributed by atoms with Gasteiger partial charge in [0, 0.05) is 41.8 Å². The SMILES string of the molecule is COc1cccc2c1[C@@](O)(c1cccc(F)c1F)C(=O)N2C[C@H]1C[C@@H](C(F)F)[C@H](NC(=O)c2cccnc2)C[C@H]1Cl. The number of fused-ring (bicyclic) bond motifs is 1. The van der Waals surface area contributed by atoms with E-state index in [9.17, 15) is 32.3 Å². The van der Waals surface area contributed by atoms with Crippen LogP contribution in [0.1, 0.15) is 34.3 Å². The van der Waals surface area contributed by atoms with Crippen molar-refractivity contribution in [2.75, 3.05) is 18.6 Å². The van der Waals surface area contributed by atoms with E-state index >= 15 is 0 Å². The minimum Gasteiger partial charge on any atom is -0.496 e. The number of nitrogens with one attached hydrogen (secondary N) is 1. The first-order valence-corrected chi connectivity index (χ1v) is 13.3. The zero-order valence-electron chi connectivity index (χ0n) is 21.7. The quantitative estimate of drug-likeness (QED) is 0.308. The molecule has 5 atom stereocenters. The number of ether oxygens (including phenoxy) is 1. The largest absolute Gasteiger partial charge is 0.496 e. The predicted molar refractivity (Wildman–Crippen MR) is 142 cm³/mol. The van der Waals surface area contributed by atoms with Gasteiger partial charge in [0.2, 0.25) is 12.0 Å². The molecule has 12 heteroatoms. The average Bonchev–Trinajstić information content (AvgIpc) is 3.18. The van der Waals surface area contributed by atoms with Gasteiger partial charge in [0.05, 0.1) is 23.9 Å². The van der Waals surface area contributed by atoms with Crippen molar-refractivity contribution >= 4 is 29.1 Å². The lowest BCUT2D eigenvalue weighted by atomic mass is 9.77. The van der Waals surface area contributed by atoms with Crippen LogP contribution < -0.4 is 15.0 Å². The molecular formula is C29H26ClF4N3O4. The molecule has 1 saturated carbocycles. The summed E-state index contributed by atoms with van der Waals surface area (Å²) in [5.41, 5.74) is -2.97. The molecule has 0 radical (unpaired) electrons. The first kappa shape index (κ1) is 28.8. The number of methoxy groups -OCH3 is 1. The molecule has 1 fully saturated rings. The predicted octanol–water partition coefficient (Wildman–Crippen LogP) is 4.65. The number of benzene rings is 2. The van der Waals surface area contributed by atoms with Crippen LogP contribution in [0.2, 0.25) is 0 Å². The first-order chi connectivity index (χ1) is 19.6. The maximum absolute atomic E-state index is 15.0. The summed E-state index contributed by atoms with van der Waals surface area (Å²) >= 11 is 6.68. The van der Waals surface area contributed by atoms with Crippen molar-refractivity contribution in [3.63, 3.8) is 0 Å². The minimum absolute atomic E-state index is 0.0109. The number of carbonyl (C=O) groups is 2. The number of pyridine rings is 1. The third kappa shape index (κ3) is 5.01. The molecule has 1 aromatic heterocycles. The molecule has 2 aliphatic rings. The molecule has 5 rings (SSSR count). The molecule has 0 bridgehead atoms. The van der Waals surface area contributed by atoms with Crippen molar-refractivity contribution in [1.29, 1.82) is 0 Å². The number of carbonyl (C=O) groups excluding carboxylic acids is 2. The summed E-state index contributed by atoms with van der Waals surface area (Å²) in [5.74, 6) is -6.13. The van der Waals surface area contributed by atoms with Crippen LogP contribution in [0.3, 0.4) is 0 Å². The molecule has 2 heterocycles. The van der Waals surface area contributed by atoms with Crippen molar-refractivity contribution in [2.45, 2.75) is 36.3 Å². The number of anilines is 1. The number of aromatic nitrogens is 1. The Balaban J connectivity index is 1.45. The summed E-state index contributed by atoms with van der Waals surface area (Å²) in [6, 6.07) is 9.76. The van der Waals surface area contributed by atoms with Crippen LogP contribution in [0.4, 0.5) is 23.2 Å². The van der Waals surface area contributed by atoms with Crippen LogP contribution in [0.5, 0.6) is 5.75 Å². The Kier molecular flexibility index (Phi) is 7.93. The standard InChI is InChI=1S/C29H26ClF4N3O4/c1-41-23-9-3-8-22-24(23)29(40,18-6-2-7-20(31)25(18)32)28(39)37(22)14-16-11-17(26(33)34)21(12-19(16)30)36-27(38)15-5-4-10-35-13-15/h2-10,13,16-17,19,21,26,40H,11-12,14H2,1H3,(H,36,38)/t16-,17-,19-,21-,29+/m1/s1. The van der Waals surface area contributed by atoms with Crippen LogP contribution in [-0.4, -0.2) is 53.4 Å². The Morgan fingerprint density at radius 2 is 1.95 bits per heavy atom. The van der Waals surface area contributed by atoms with Crippen LogP contribution >= 0.6 is 11.6 Å². The normalized spacial score (nSPS) is 25.8. The highest BCUT2D eigenvalue weighted by Gasteiger charge is 2.55. The zero-order chi connectivity index (χ0) is 29.5. The van der Waals surface area contributed by atoms with Gasteiger partial charge in [-0.05, 0) is 49.1 Å². The molecule has 0 saturated heterocycles. The number of halogens is 5. The van der Waals surface area contributed by atoms with Gasteiger partial charge in [0.1, 0.15) is 5.75 Å². The highest BCUT2D eigenvalue weighted by atomic mass is 35.5. The second-order valence-corrected chi connectivity index (χ2v) is 10.7. The van der Waals surface area contributed by atoms with Gasteiger partial charge in [-0.1, -0.05) is 18.2 Å². The molecule has 41 heavy (non-hydrogen) atoms. The number of hydrogen-bond donors (Lipinski definition) is 2. The lowest BCUT2D eigenvalue weighted by molar-refractivity contribution is -0.132. The molecule has 2 amide bonds. The highest BCUT2D eigenvalue weighted by molar-refractivity contribution is 6.21. The Morgan fingerprint density at radius 3 is 2.63 bits per heavy atom. The summed E-state index contributed by atoms with van der Waals surface area (Å²) in [4.78, 5) is 31.5. The number of alkyl halides is 3. The lowest BCUT2D eigenvalue weighted by Gasteiger charge is -2.40. The van der Waals surface area contributed by atoms with Crippen molar-refractivity contribution in [2.24, 2.45) is 11.8 Å². The van der Waals surface area contributed by atoms with Crippen molar-refractivity contribution in [1.82, 2.24) is 10.3 Å². The molecular weight excluding hydrogens is 566 g/mol. The monoisotopic (exact) mass is 591 g/mol. The second kappa shape index (κ2) is 11.3. The lowest BCUT2D eigenvalue weighted by Crippen LogP contribution is -2.52. The third-order valence-corrected chi connectivity index (χ3v) is 8.37. The Hall–Kier alpha value is -3.70. The number of nitrogens with zero attached hydrogens (tertiary/aromatic N) is 2. The Morgan fingerprint density at radius 1 is 1.20 bits per heavy atom. The van der Waals surface area contributed by atoms with E-state index in [1.807, 2.05) is 0 Å². The Labute approximate surface area is 238 Å². The van der Waals surface area contributed by atoms with E-state index in [0.717, 1.165) is 17.0 Å². The van der Waals surface area contributed by atoms with E-state index in [1.54, 1.807) is 12.1 Å². The van der Waals surface area contributed by atoms with E-state index in [2.05, 4.69) is 10.3 Å². The molecule has 216 valence electrons. The molecule has 1 aliphatic heterocycles. The summed E-state index contributed by atoms with van der Waals surface area (Å²) < 4.78 is 63.0. The second-order valence-electron chi connectivity index (χ2n) is 10.1. The molecule has 1 aliphatic carbocycles. The van der Waals surface area contributed by atoms with Crippen LogP contribution in [0, 0.1) is 23.5 Å². The van der Waals surface area contributed by atoms with Gasteiger partial charge in [0.15, 0.2) is 11.6 Å². The summed E-state index contributed by atoms with van der Waals surface area (Å²) in [6.07, 6.45) is -0.164. The maximum Gasteiger partial charge on any atom is 0.268 e. The van der Waals surface area contributed by atoms with Crippen molar-refractivity contribution in [3.05, 3.63) is 89.2 Å². The maximum atomic E-state index is 15.0. The van der Waals surface area contributed by atoms with Crippen LogP contribution in [0.15, 0.2) is 60.9 Å². The van der Waals surface area contributed by atoms with E-state index < -0.39 is 64.3 Å². The van der Waals surface area contributed by atoms with E-state index in [-0.39, 0.29) is 42.0 Å². The van der Waals surface area contributed by atoms with E-state index in [4.69, 9.17) is 16.3 Å². The molecule has 3 aromatic rings. The van der Waals surface area contributed by atoms with Gasteiger partial charge in [-0.25, -0.2) is 17.6 Å². The van der Waals surface area contributed by atoms with Gasteiger partial charge in [0.25, 0.3) is 11.8 Å².